The Morgan fingerprint density at radius 1 is 1.38 bits per heavy atom. The Bertz CT molecular complexity index is 181. The Morgan fingerprint density at radius 3 is 2.69 bits per heavy atom. The molecule has 13 heavy (non-hydrogen) atoms. The van der Waals surface area contributed by atoms with Gasteiger partial charge in [-0.25, -0.2) is 0 Å². The zero-order valence-electron chi connectivity index (χ0n) is 8.38. The van der Waals surface area contributed by atoms with Crippen LogP contribution in [0.15, 0.2) is 0 Å². The van der Waals surface area contributed by atoms with E-state index in [4.69, 9.17) is 5.73 Å². The minimum Gasteiger partial charge on any atom is -0.340 e. The molecule has 1 fully saturated rings. The first-order valence-electron chi connectivity index (χ1n) is 4.68. The highest BCUT2D eigenvalue weighted by molar-refractivity contribution is 7.99. The first kappa shape index (κ1) is 10.9. The number of carbonyl (C=O) groups is 1. The Kier molecular flexibility index (Phi) is 3.62. The fourth-order valence-corrected chi connectivity index (χ4v) is 2.24. The van der Waals surface area contributed by atoms with Crippen LogP contribution in [-0.4, -0.2) is 40.9 Å². The summed E-state index contributed by atoms with van der Waals surface area (Å²) in [4.78, 5) is 13.7. The fourth-order valence-electron chi connectivity index (χ4n) is 1.36. The van der Waals surface area contributed by atoms with Gasteiger partial charge in [-0.2, -0.15) is 11.8 Å². The third kappa shape index (κ3) is 3.19. The molecule has 0 atom stereocenters. The van der Waals surface area contributed by atoms with E-state index < -0.39 is 5.54 Å². The van der Waals surface area contributed by atoms with Crippen LogP contribution < -0.4 is 5.73 Å². The van der Waals surface area contributed by atoms with Crippen molar-refractivity contribution in [2.24, 2.45) is 5.73 Å². The molecule has 2 N–H and O–H groups in total. The van der Waals surface area contributed by atoms with Gasteiger partial charge in [0, 0.05) is 18.8 Å². The SMILES string of the molecule is CC(C)(N)C(=O)N1CCCSCC1. The van der Waals surface area contributed by atoms with Crippen LogP contribution in [0, 0.1) is 0 Å². The van der Waals surface area contributed by atoms with E-state index in [1.807, 2.05) is 16.7 Å². The molecule has 1 heterocycles. The monoisotopic (exact) mass is 202 g/mol. The van der Waals surface area contributed by atoms with E-state index in [1.165, 1.54) is 0 Å². The summed E-state index contributed by atoms with van der Waals surface area (Å²) < 4.78 is 0. The lowest BCUT2D eigenvalue weighted by Gasteiger charge is -2.27. The lowest BCUT2D eigenvalue weighted by atomic mass is 10.1. The smallest absolute Gasteiger partial charge is 0.242 e. The molecule has 0 spiro atoms. The quantitative estimate of drug-likeness (QED) is 0.680. The van der Waals surface area contributed by atoms with E-state index >= 15 is 0 Å². The van der Waals surface area contributed by atoms with Gasteiger partial charge in [0.2, 0.25) is 5.91 Å². The summed E-state index contributed by atoms with van der Waals surface area (Å²) in [6.45, 7) is 5.26. The molecule has 3 nitrogen and oxygen atoms in total. The predicted molar refractivity (Wildman–Crippen MR) is 56.8 cm³/mol. The van der Waals surface area contributed by atoms with E-state index in [1.54, 1.807) is 13.8 Å². The zero-order chi connectivity index (χ0) is 9.90. The fraction of sp³-hybridized carbons (Fsp3) is 0.889. The number of thioether (sulfide) groups is 1. The first-order chi connectivity index (χ1) is 6.02. The van der Waals surface area contributed by atoms with Crippen molar-refractivity contribution in [3.05, 3.63) is 0 Å². The highest BCUT2D eigenvalue weighted by Gasteiger charge is 2.27. The van der Waals surface area contributed by atoms with Gasteiger partial charge in [0.1, 0.15) is 0 Å². The third-order valence-corrected chi connectivity index (χ3v) is 3.11. The molecule has 1 aliphatic heterocycles. The molecule has 76 valence electrons. The standard InChI is InChI=1S/C9H18N2OS/c1-9(2,10)8(12)11-4-3-6-13-7-5-11/h3-7,10H2,1-2H3. The Morgan fingerprint density at radius 2 is 2.08 bits per heavy atom. The highest BCUT2D eigenvalue weighted by atomic mass is 32.2. The minimum atomic E-state index is -0.713. The third-order valence-electron chi connectivity index (χ3n) is 2.06. The van der Waals surface area contributed by atoms with Gasteiger partial charge in [-0.05, 0) is 26.0 Å². The molecule has 0 aromatic rings. The molecule has 0 unspecified atom stereocenters. The summed E-state index contributed by atoms with van der Waals surface area (Å²) in [5.74, 6) is 2.28. The van der Waals surface area contributed by atoms with Crippen LogP contribution in [0.3, 0.4) is 0 Å². The molecule has 1 amide bonds. The van der Waals surface area contributed by atoms with Crippen LogP contribution in [0.25, 0.3) is 0 Å². The summed E-state index contributed by atoms with van der Waals surface area (Å²) in [6, 6.07) is 0. The summed E-state index contributed by atoms with van der Waals surface area (Å²) in [5.41, 5.74) is 5.05. The average molecular weight is 202 g/mol. The van der Waals surface area contributed by atoms with Crippen LogP contribution in [0.5, 0.6) is 0 Å². The normalized spacial score (nSPS) is 19.8. The van der Waals surface area contributed by atoms with Gasteiger partial charge in [-0.1, -0.05) is 0 Å². The van der Waals surface area contributed by atoms with Gasteiger partial charge in [0.25, 0.3) is 0 Å². The number of hydrogen-bond donors (Lipinski definition) is 1. The molecule has 0 aromatic carbocycles. The van der Waals surface area contributed by atoms with Crippen molar-refractivity contribution in [3.63, 3.8) is 0 Å². The second-order valence-electron chi connectivity index (χ2n) is 3.98. The lowest BCUT2D eigenvalue weighted by Crippen LogP contribution is -2.51. The van der Waals surface area contributed by atoms with Crippen LogP contribution in [-0.2, 0) is 4.79 Å². The van der Waals surface area contributed by atoms with Crippen LogP contribution in [0.4, 0.5) is 0 Å². The maximum atomic E-state index is 11.8. The molecule has 0 aromatic heterocycles. The van der Waals surface area contributed by atoms with E-state index in [-0.39, 0.29) is 5.91 Å². The molecule has 4 heteroatoms. The van der Waals surface area contributed by atoms with Crippen molar-refractivity contribution < 1.29 is 4.79 Å². The molecular weight excluding hydrogens is 184 g/mol. The van der Waals surface area contributed by atoms with Crippen molar-refractivity contribution in [2.75, 3.05) is 24.6 Å². The Hall–Kier alpha value is -0.220. The van der Waals surface area contributed by atoms with E-state index in [9.17, 15) is 4.79 Å². The van der Waals surface area contributed by atoms with Gasteiger partial charge < -0.3 is 10.6 Å². The van der Waals surface area contributed by atoms with E-state index in [0.717, 1.165) is 31.0 Å². The molecule has 0 saturated carbocycles. The van der Waals surface area contributed by atoms with Gasteiger partial charge in [0.05, 0.1) is 5.54 Å². The summed E-state index contributed by atoms with van der Waals surface area (Å²) in [6.07, 6.45) is 1.09. The number of carbonyl (C=O) groups excluding carboxylic acids is 1. The lowest BCUT2D eigenvalue weighted by molar-refractivity contribution is -0.135. The van der Waals surface area contributed by atoms with E-state index in [0.29, 0.717) is 0 Å². The maximum absolute atomic E-state index is 11.8. The molecule has 1 rings (SSSR count). The second kappa shape index (κ2) is 4.33. The largest absolute Gasteiger partial charge is 0.340 e. The zero-order valence-corrected chi connectivity index (χ0v) is 9.19. The Balaban J connectivity index is 2.54. The van der Waals surface area contributed by atoms with Crippen LogP contribution in [0.1, 0.15) is 20.3 Å². The molecular formula is C9H18N2OS. The predicted octanol–water partition coefficient (Wildman–Crippen LogP) is 0.689. The number of hydrogen-bond acceptors (Lipinski definition) is 3. The van der Waals surface area contributed by atoms with Crippen molar-refractivity contribution in [3.8, 4) is 0 Å². The number of nitrogens with zero attached hydrogens (tertiary/aromatic N) is 1. The molecule has 0 bridgehead atoms. The van der Waals surface area contributed by atoms with Crippen molar-refractivity contribution in [1.29, 1.82) is 0 Å². The number of amides is 1. The van der Waals surface area contributed by atoms with E-state index in [2.05, 4.69) is 0 Å². The van der Waals surface area contributed by atoms with Crippen molar-refractivity contribution in [2.45, 2.75) is 25.8 Å². The molecule has 1 aliphatic rings. The summed E-state index contributed by atoms with van der Waals surface area (Å²) >= 11 is 1.91. The van der Waals surface area contributed by atoms with Gasteiger partial charge in [-0.15, -0.1) is 0 Å². The van der Waals surface area contributed by atoms with Crippen LogP contribution in [0.2, 0.25) is 0 Å². The topological polar surface area (TPSA) is 46.3 Å². The number of nitrogens with two attached hydrogens (primary N) is 1. The average Bonchev–Trinajstić information content (AvgIpc) is 2.28. The minimum absolute atomic E-state index is 0.0787. The highest BCUT2D eigenvalue weighted by Crippen LogP contribution is 2.13. The first-order valence-corrected chi connectivity index (χ1v) is 5.83. The maximum Gasteiger partial charge on any atom is 0.242 e. The molecule has 0 radical (unpaired) electrons. The van der Waals surface area contributed by atoms with Gasteiger partial charge in [0.15, 0.2) is 0 Å². The van der Waals surface area contributed by atoms with Crippen molar-refractivity contribution >= 4 is 17.7 Å². The summed E-state index contributed by atoms with van der Waals surface area (Å²) in [5, 5.41) is 0. The summed E-state index contributed by atoms with van der Waals surface area (Å²) in [7, 11) is 0. The second-order valence-corrected chi connectivity index (χ2v) is 5.20. The molecule has 1 saturated heterocycles. The number of rotatable bonds is 1. The van der Waals surface area contributed by atoms with Gasteiger partial charge in [-0.3, -0.25) is 4.79 Å². The van der Waals surface area contributed by atoms with Crippen molar-refractivity contribution in [1.82, 2.24) is 4.90 Å². The Labute approximate surface area is 84.0 Å². The van der Waals surface area contributed by atoms with Gasteiger partial charge >= 0.3 is 0 Å². The van der Waals surface area contributed by atoms with Crippen LogP contribution >= 0.6 is 11.8 Å². The molecule has 0 aliphatic carbocycles.